The summed E-state index contributed by atoms with van der Waals surface area (Å²) in [5.41, 5.74) is 9.00. The van der Waals surface area contributed by atoms with E-state index in [2.05, 4.69) is 37.2 Å². The zero-order valence-electron chi connectivity index (χ0n) is 16.0. The molecule has 4 rings (SSSR count). The van der Waals surface area contributed by atoms with E-state index in [0.717, 1.165) is 12.1 Å². The molecule has 1 heterocycles. The first kappa shape index (κ1) is 19.0. The molecule has 1 aliphatic heterocycles. The Balaban J connectivity index is 1.63. The first-order chi connectivity index (χ1) is 13.3. The van der Waals surface area contributed by atoms with E-state index in [1.807, 2.05) is 12.1 Å². The Morgan fingerprint density at radius 1 is 1.36 bits per heavy atom. The minimum atomic E-state index is -0.819. The normalized spacial score (nSPS) is 19.8. The maximum Gasteiger partial charge on any atom is 0.255 e. The van der Waals surface area contributed by atoms with Gasteiger partial charge in [0.2, 0.25) is 5.91 Å². The van der Waals surface area contributed by atoms with Gasteiger partial charge in [-0.3, -0.25) is 9.59 Å². The van der Waals surface area contributed by atoms with Gasteiger partial charge in [0.1, 0.15) is 6.04 Å². The Hall–Kier alpha value is -2.37. The summed E-state index contributed by atoms with van der Waals surface area (Å²) in [5, 5.41) is 0.415. The van der Waals surface area contributed by atoms with Gasteiger partial charge in [-0.1, -0.05) is 35.9 Å². The standard InChI is InChI=1S/C22H23ClN3O2/c1-25(2)13-22(8-9-22)15-5-3-4-14(10-15)12-26-19(20(24)27)17-7-6-16(23)11-18(17)21(26)28/h3-6,10-11,19H,8-9,12-13H2,1-2H3,(H2,24,27). The van der Waals surface area contributed by atoms with Crippen molar-refractivity contribution in [1.29, 1.82) is 0 Å². The van der Waals surface area contributed by atoms with Gasteiger partial charge in [0, 0.05) is 34.7 Å². The second kappa shape index (κ2) is 6.90. The number of amides is 2. The van der Waals surface area contributed by atoms with Crippen LogP contribution in [-0.4, -0.2) is 42.3 Å². The van der Waals surface area contributed by atoms with E-state index in [-0.39, 0.29) is 11.3 Å². The van der Waals surface area contributed by atoms with Gasteiger partial charge in [-0.25, -0.2) is 0 Å². The molecule has 2 N–H and O–H groups in total. The first-order valence-corrected chi connectivity index (χ1v) is 9.74. The van der Waals surface area contributed by atoms with Crippen LogP contribution in [0.1, 0.15) is 45.9 Å². The average molecular weight is 397 g/mol. The predicted octanol–water partition coefficient (Wildman–Crippen LogP) is 2.92. The number of nitrogens with zero attached hydrogens (tertiary/aromatic N) is 2. The quantitative estimate of drug-likeness (QED) is 0.816. The SMILES string of the molecule is CN(C)CC1(c2cccc(CN3C(=O)c4cc(Cl)c[c]c4C3C(N)=O)c2)CC1. The predicted molar refractivity (Wildman–Crippen MR) is 108 cm³/mol. The van der Waals surface area contributed by atoms with Crippen molar-refractivity contribution in [3.63, 3.8) is 0 Å². The summed E-state index contributed by atoms with van der Waals surface area (Å²) >= 11 is 6.02. The molecule has 2 amide bonds. The molecule has 6 heteroatoms. The molecule has 2 aliphatic rings. The number of rotatable bonds is 6. The number of likely N-dealkylation sites (N-methyl/N-ethyl adjacent to an activating group) is 1. The summed E-state index contributed by atoms with van der Waals surface area (Å²) in [6, 6.07) is 13.6. The van der Waals surface area contributed by atoms with Crippen molar-refractivity contribution in [2.24, 2.45) is 5.73 Å². The lowest BCUT2D eigenvalue weighted by atomic mass is 9.93. The molecular formula is C22H23ClN3O2. The van der Waals surface area contributed by atoms with Crippen molar-refractivity contribution in [2.75, 3.05) is 20.6 Å². The molecule has 0 spiro atoms. The fraction of sp³-hybridized carbons (Fsp3) is 0.364. The highest BCUT2D eigenvalue weighted by atomic mass is 35.5. The lowest BCUT2D eigenvalue weighted by molar-refractivity contribution is -0.122. The van der Waals surface area contributed by atoms with Crippen LogP contribution in [0.25, 0.3) is 0 Å². The summed E-state index contributed by atoms with van der Waals surface area (Å²) in [4.78, 5) is 28.8. The highest BCUT2D eigenvalue weighted by molar-refractivity contribution is 6.31. The van der Waals surface area contributed by atoms with E-state index < -0.39 is 11.9 Å². The molecule has 1 unspecified atom stereocenters. The summed E-state index contributed by atoms with van der Waals surface area (Å²) in [6.07, 6.45) is 2.33. The second-order valence-electron chi connectivity index (χ2n) is 8.10. The van der Waals surface area contributed by atoms with Gasteiger partial charge >= 0.3 is 0 Å². The van der Waals surface area contributed by atoms with Crippen LogP contribution >= 0.6 is 11.6 Å². The van der Waals surface area contributed by atoms with Crippen molar-refractivity contribution in [3.8, 4) is 0 Å². The van der Waals surface area contributed by atoms with Crippen molar-refractivity contribution in [1.82, 2.24) is 9.80 Å². The van der Waals surface area contributed by atoms with Gasteiger partial charge in [-0.2, -0.15) is 0 Å². The molecule has 2 aromatic carbocycles. The van der Waals surface area contributed by atoms with Crippen LogP contribution in [0.5, 0.6) is 0 Å². The molecule has 1 aliphatic carbocycles. The third-order valence-electron chi connectivity index (χ3n) is 5.65. The third kappa shape index (κ3) is 3.29. The monoisotopic (exact) mass is 396 g/mol. The highest BCUT2D eigenvalue weighted by Gasteiger charge is 2.45. The van der Waals surface area contributed by atoms with Crippen molar-refractivity contribution in [3.05, 3.63) is 69.7 Å². The van der Waals surface area contributed by atoms with E-state index in [1.165, 1.54) is 23.3 Å². The first-order valence-electron chi connectivity index (χ1n) is 9.36. The number of carbonyl (C=O) groups is 2. The number of primary amides is 1. The fourth-order valence-electron chi connectivity index (χ4n) is 4.26. The molecule has 0 saturated heterocycles. The van der Waals surface area contributed by atoms with Gasteiger partial charge < -0.3 is 15.5 Å². The molecule has 1 atom stereocenters. The summed E-state index contributed by atoms with van der Waals surface area (Å²) in [6.45, 7) is 1.32. The zero-order valence-corrected chi connectivity index (χ0v) is 16.8. The minimum absolute atomic E-state index is 0.196. The number of fused-ring (bicyclic) bond motifs is 1. The van der Waals surface area contributed by atoms with Gasteiger partial charge in [-0.05, 0) is 56.3 Å². The zero-order chi connectivity index (χ0) is 20.1. The molecule has 1 saturated carbocycles. The van der Waals surface area contributed by atoms with E-state index in [9.17, 15) is 9.59 Å². The van der Waals surface area contributed by atoms with Crippen LogP contribution in [0.2, 0.25) is 5.02 Å². The largest absolute Gasteiger partial charge is 0.368 e. The second-order valence-corrected chi connectivity index (χ2v) is 8.54. The Kier molecular flexibility index (Phi) is 4.68. The molecule has 0 bridgehead atoms. The Bertz CT molecular complexity index is 953. The third-order valence-corrected chi connectivity index (χ3v) is 5.87. The Morgan fingerprint density at radius 2 is 2.11 bits per heavy atom. The van der Waals surface area contributed by atoms with E-state index in [0.29, 0.717) is 22.7 Å². The van der Waals surface area contributed by atoms with Crippen molar-refractivity contribution in [2.45, 2.75) is 30.8 Å². The maximum absolute atomic E-state index is 12.9. The molecule has 1 fully saturated rings. The van der Waals surface area contributed by atoms with Crippen LogP contribution in [0.3, 0.4) is 0 Å². The van der Waals surface area contributed by atoms with E-state index in [4.69, 9.17) is 17.3 Å². The lowest BCUT2D eigenvalue weighted by Crippen LogP contribution is -2.35. The van der Waals surface area contributed by atoms with Gasteiger partial charge in [0.15, 0.2) is 0 Å². The van der Waals surface area contributed by atoms with E-state index in [1.54, 1.807) is 12.1 Å². The molecule has 2 aromatic rings. The molecule has 0 aromatic heterocycles. The Labute approximate surface area is 170 Å². The fourth-order valence-corrected chi connectivity index (χ4v) is 4.43. The number of benzene rings is 2. The molecule has 28 heavy (non-hydrogen) atoms. The number of carbonyl (C=O) groups excluding carboxylic acids is 2. The van der Waals surface area contributed by atoms with Crippen LogP contribution in [0.4, 0.5) is 0 Å². The molecule has 145 valence electrons. The number of hydrogen-bond acceptors (Lipinski definition) is 3. The van der Waals surface area contributed by atoms with Crippen molar-refractivity contribution < 1.29 is 9.59 Å². The molecule has 5 nitrogen and oxygen atoms in total. The smallest absolute Gasteiger partial charge is 0.255 e. The van der Waals surface area contributed by atoms with Crippen LogP contribution in [0, 0.1) is 6.07 Å². The highest BCUT2D eigenvalue weighted by Crippen LogP contribution is 2.48. The van der Waals surface area contributed by atoms with E-state index >= 15 is 0 Å². The molecular weight excluding hydrogens is 374 g/mol. The maximum atomic E-state index is 12.9. The molecule has 1 radical (unpaired) electrons. The number of hydrogen-bond donors (Lipinski definition) is 1. The number of nitrogens with two attached hydrogens (primary N) is 1. The van der Waals surface area contributed by atoms with Gasteiger partial charge in [-0.15, -0.1) is 0 Å². The summed E-state index contributed by atoms with van der Waals surface area (Å²) in [7, 11) is 4.17. The minimum Gasteiger partial charge on any atom is -0.368 e. The summed E-state index contributed by atoms with van der Waals surface area (Å²) < 4.78 is 0. The van der Waals surface area contributed by atoms with Crippen LogP contribution < -0.4 is 5.73 Å². The summed E-state index contributed by atoms with van der Waals surface area (Å²) in [5.74, 6) is -0.800. The topological polar surface area (TPSA) is 66.6 Å². The Morgan fingerprint density at radius 3 is 2.75 bits per heavy atom. The van der Waals surface area contributed by atoms with Crippen molar-refractivity contribution >= 4 is 23.4 Å². The number of halogens is 1. The van der Waals surface area contributed by atoms with Gasteiger partial charge in [0.25, 0.3) is 5.91 Å². The van der Waals surface area contributed by atoms with Crippen LogP contribution in [-0.2, 0) is 16.8 Å². The lowest BCUT2D eigenvalue weighted by Gasteiger charge is -2.24. The van der Waals surface area contributed by atoms with Gasteiger partial charge in [0.05, 0.1) is 0 Å². The van der Waals surface area contributed by atoms with Crippen LogP contribution in [0.15, 0.2) is 36.4 Å². The average Bonchev–Trinajstić information content (AvgIpc) is 3.36.